The van der Waals surface area contributed by atoms with Crippen molar-refractivity contribution in [1.29, 1.82) is 0 Å². The van der Waals surface area contributed by atoms with Gasteiger partial charge in [-0.2, -0.15) is 10.2 Å². The fraction of sp³-hybridized carbons (Fsp3) is 0.545. The zero-order chi connectivity index (χ0) is 12.1. The highest BCUT2D eigenvalue weighted by Gasteiger charge is 2.10. The average molecular weight is 222 g/mol. The summed E-state index contributed by atoms with van der Waals surface area (Å²) in [6.07, 6.45) is 0.766. The predicted molar refractivity (Wildman–Crippen MR) is 62.1 cm³/mol. The number of aryl methyl sites for hydroxylation is 2. The van der Waals surface area contributed by atoms with Crippen molar-refractivity contribution in [2.45, 2.75) is 33.2 Å². The first-order valence-corrected chi connectivity index (χ1v) is 5.35. The normalized spacial score (nSPS) is 12.2. The number of nitrogens with one attached hydrogen (secondary N) is 1. The molecule has 0 spiro atoms. The van der Waals surface area contributed by atoms with E-state index >= 15 is 0 Å². The average Bonchev–Trinajstić information content (AvgIpc) is 2.21. The maximum Gasteiger partial charge on any atom is 0.253 e. The SMILES string of the molecule is Cc1cc(C(=O)NCCC(C)N)c(C)nn1. The molecule has 5 heteroatoms. The van der Waals surface area contributed by atoms with Crippen LogP contribution in [0.1, 0.15) is 35.1 Å². The van der Waals surface area contributed by atoms with Crippen molar-refractivity contribution in [1.82, 2.24) is 15.5 Å². The molecule has 0 aromatic carbocycles. The van der Waals surface area contributed by atoms with Crippen molar-refractivity contribution in [2.24, 2.45) is 5.73 Å². The first-order chi connectivity index (χ1) is 7.50. The van der Waals surface area contributed by atoms with E-state index in [9.17, 15) is 4.79 Å². The third-order valence-corrected chi connectivity index (χ3v) is 2.23. The van der Waals surface area contributed by atoms with Crippen LogP contribution in [-0.4, -0.2) is 28.7 Å². The Bertz CT molecular complexity index is 376. The second-order valence-electron chi connectivity index (χ2n) is 4.01. The van der Waals surface area contributed by atoms with E-state index in [2.05, 4.69) is 15.5 Å². The molecular formula is C11H18N4O. The fourth-order valence-electron chi connectivity index (χ4n) is 1.29. The van der Waals surface area contributed by atoms with E-state index in [1.165, 1.54) is 0 Å². The van der Waals surface area contributed by atoms with Crippen molar-refractivity contribution in [3.63, 3.8) is 0 Å². The van der Waals surface area contributed by atoms with Crippen LogP contribution >= 0.6 is 0 Å². The summed E-state index contributed by atoms with van der Waals surface area (Å²) in [5, 5.41) is 10.6. The molecular weight excluding hydrogens is 204 g/mol. The number of carbonyl (C=O) groups is 1. The molecule has 3 N–H and O–H groups in total. The standard InChI is InChI=1S/C11H18N4O/c1-7(12)4-5-13-11(16)10-6-8(2)14-15-9(10)3/h6-7H,4-5,12H2,1-3H3,(H,13,16). The highest BCUT2D eigenvalue weighted by molar-refractivity contribution is 5.95. The first kappa shape index (κ1) is 12.6. The topological polar surface area (TPSA) is 80.9 Å². The van der Waals surface area contributed by atoms with Crippen LogP contribution < -0.4 is 11.1 Å². The van der Waals surface area contributed by atoms with Crippen LogP contribution in [0.3, 0.4) is 0 Å². The number of hydrogen-bond acceptors (Lipinski definition) is 4. The molecule has 5 nitrogen and oxygen atoms in total. The molecule has 0 radical (unpaired) electrons. The van der Waals surface area contributed by atoms with Gasteiger partial charge in [-0.3, -0.25) is 4.79 Å². The van der Waals surface area contributed by atoms with Gasteiger partial charge in [-0.05, 0) is 33.3 Å². The maximum absolute atomic E-state index is 11.8. The lowest BCUT2D eigenvalue weighted by atomic mass is 10.2. The number of hydrogen-bond donors (Lipinski definition) is 2. The van der Waals surface area contributed by atoms with Gasteiger partial charge in [0.2, 0.25) is 0 Å². The highest BCUT2D eigenvalue weighted by atomic mass is 16.1. The summed E-state index contributed by atoms with van der Waals surface area (Å²) >= 11 is 0. The minimum absolute atomic E-state index is 0.0960. The van der Waals surface area contributed by atoms with Crippen LogP contribution in [0.4, 0.5) is 0 Å². The third-order valence-electron chi connectivity index (χ3n) is 2.23. The number of carbonyl (C=O) groups excluding carboxylic acids is 1. The van der Waals surface area contributed by atoms with E-state index in [0.717, 1.165) is 12.1 Å². The van der Waals surface area contributed by atoms with Crippen molar-refractivity contribution in [3.8, 4) is 0 Å². The monoisotopic (exact) mass is 222 g/mol. The Labute approximate surface area is 95.4 Å². The Morgan fingerprint density at radius 3 is 2.81 bits per heavy atom. The molecule has 16 heavy (non-hydrogen) atoms. The Morgan fingerprint density at radius 1 is 1.50 bits per heavy atom. The van der Waals surface area contributed by atoms with Crippen LogP contribution in [0.25, 0.3) is 0 Å². The van der Waals surface area contributed by atoms with Gasteiger partial charge in [-0.1, -0.05) is 0 Å². The maximum atomic E-state index is 11.8. The molecule has 0 fully saturated rings. The van der Waals surface area contributed by atoms with Gasteiger partial charge in [0.1, 0.15) is 0 Å². The summed E-state index contributed by atoms with van der Waals surface area (Å²) in [6.45, 7) is 6.07. The lowest BCUT2D eigenvalue weighted by Crippen LogP contribution is -2.29. The second kappa shape index (κ2) is 5.55. The fourth-order valence-corrected chi connectivity index (χ4v) is 1.29. The van der Waals surface area contributed by atoms with Gasteiger partial charge < -0.3 is 11.1 Å². The van der Waals surface area contributed by atoms with Crippen molar-refractivity contribution >= 4 is 5.91 Å². The third kappa shape index (κ3) is 3.58. The molecule has 1 aromatic rings. The molecule has 1 heterocycles. The highest BCUT2D eigenvalue weighted by Crippen LogP contribution is 2.04. The molecule has 0 bridgehead atoms. The number of rotatable bonds is 4. The molecule has 1 atom stereocenters. The summed E-state index contributed by atoms with van der Waals surface area (Å²) in [4.78, 5) is 11.8. The zero-order valence-corrected chi connectivity index (χ0v) is 9.95. The summed E-state index contributed by atoms with van der Waals surface area (Å²) in [7, 11) is 0. The Morgan fingerprint density at radius 2 is 2.19 bits per heavy atom. The van der Waals surface area contributed by atoms with Gasteiger partial charge in [-0.15, -0.1) is 0 Å². The van der Waals surface area contributed by atoms with E-state index in [-0.39, 0.29) is 11.9 Å². The van der Waals surface area contributed by atoms with E-state index < -0.39 is 0 Å². The molecule has 0 aliphatic carbocycles. The van der Waals surface area contributed by atoms with Crippen molar-refractivity contribution in [3.05, 3.63) is 23.0 Å². The Kier molecular flexibility index (Phi) is 4.37. The van der Waals surface area contributed by atoms with Gasteiger partial charge in [0, 0.05) is 12.6 Å². The molecule has 1 amide bonds. The second-order valence-corrected chi connectivity index (χ2v) is 4.01. The van der Waals surface area contributed by atoms with Crippen molar-refractivity contribution < 1.29 is 4.79 Å². The lowest BCUT2D eigenvalue weighted by molar-refractivity contribution is 0.0951. The largest absolute Gasteiger partial charge is 0.352 e. The Hall–Kier alpha value is -1.49. The van der Waals surface area contributed by atoms with Gasteiger partial charge in [0.25, 0.3) is 5.91 Å². The summed E-state index contributed by atoms with van der Waals surface area (Å²) in [5.41, 5.74) is 7.56. The minimum atomic E-state index is -0.115. The number of aromatic nitrogens is 2. The molecule has 1 unspecified atom stereocenters. The van der Waals surface area contributed by atoms with Crippen LogP contribution in [0.5, 0.6) is 0 Å². The van der Waals surface area contributed by atoms with E-state index in [4.69, 9.17) is 5.73 Å². The van der Waals surface area contributed by atoms with Crippen LogP contribution in [-0.2, 0) is 0 Å². The summed E-state index contributed by atoms with van der Waals surface area (Å²) in [5.74, 6) is -0.115. The molecule has 0 aliphatic rings. The van der Waals surface area contributed by atoms with Gasteiger partial charge >= 0.3 is 0 Å². The number of amides is 1. The van der Waals surface area contributed by atoms with Gasteiger partial charge in [0.15, 0.2) is 0 Å². The van der Waals surface area contributed by atoms with Crippen LogP contribution in [0, 0.1) is 13.8 Å². The van der Waals surface area contributed by atoms with E-state index in [1.807, 2.05) is 13.8 Å². The first-order valence-electron chi connectivity index (χ1n) is 5.35. The molecule has 1 rings (SSSR count). The van der Waals surface area contributed by atoms with Gasteiger partial charge in [0.05, 0.1) is 17.0 Å². The van der Waals surface area contributed by atoms with Crippen LogP contribution in [0.2, 0.25) is 0 Å². The zero-order valence-electron chi connectivity index (χ0n) is 9.95. The van der Waals surface area contributed by atoms with E-state index in [1.54, 1.807) is 13.0 Å². The number of nitrogens with two attached hydrogens (primary N) is 1. The summed E-state index contributed by atoms with van der Waals surface area (Å²) < 4.78 is 0. The lowest BCUT2D eigenvalue weighted by Gasteiger charge is -2.08. The number of nitrogens with zero attached hydrogens (tertiary/aromatic N) is 2. The Balaban J connectivity index is 2.62. The van der Waals surface area contributed by atoms with E-state index in [0.29, 0.717) is 17.8 Å². The smallest absolute Gasteiger partial charge is 0.253 e. The quantitative estimate of drug-likeness (QED) is 0.780. The molecule has 0 aliphatic heterocycles. The van der Waals surface area contributed by atoms with Gasteiger partial charge in [-0.25, -0.2) is 0 Å². The molecule has 0 saturated carbocycles. The molecule has 0 saturated heterocycles. The molecule has 1 aromatic heterocycles. The minimum Gasteiger partial charge on any atom is -0.352 e. The van der Waals surface area contributed by atoms with Crippen molar-refractivity contribution in [2.75, 3.05) is 6.54 Å². The molecule has 88 valence electrons. The predicted octanol–water partition coefficient (Wildman–Crippen LogP) is 0.561. The summed E-state index contributed by atoms with van der Waals surface area (Å²) in [6, 6.07) is 1.84. The van der Waals surface area contributed by atoms with Crippen LogP contribution in [0.15, 0.2) is 6.07 Å².